The van der Waals surface area contributed by atoms with Gasteiger partial charge in [0, 0.05) is 50.9 Å². The number of nitrogens with zero attached hydrogens (tertiary/aromatic N) is 3. The van der Waals surface area contributed by atoms with Gasteiger partial charge >= 0.3 is 0 Å². The first-order valence-electron chi connectivity index (χ1n) is 9.45. The van der Waals surface area contributed by atoms with Crippen molar-refractivity contribution in [2.75, 3.05) is 20.1 Å². The largest absolute Gasteiger partial charge is 0.352 e. The average molecular weight is 493 g/mol. The summed E-state index contributed by atoms with van der Waals surface area (Å²) in [5, 5.41) is 6.79. The highest BCUT2D eigenvalue weighted by atomic mass is 127. The van der Waals surface area contributed by atoms with E-state index in [1.807, 2.05) is 36.1 Å². The number of aromatic nitrogens is 1. The van der Waals surface area contributed by atoms with Crippen LogP contribution in [0.3, 0.4) is 0 Å². The van der Waals surface area contributed by atoms with Gasteiger partial charge in [-0.3, -0.25) is 14.8 Å². The summed E-state index contributed by atoms with van der Waals surface area (Å²) in [6.45, 7) is 4.13. The molecule has 0 aliphatic carbocycles. The van der Waals surface area contributed by atoms with Gasteiger partial charge in [-0.2, -0.15) is 0 Å². The molecule has 150 valence electrons. The molecule has 0 saturated carbocycles. The molecule has 1 atom stereocenters. The molecule has 0 spiro atoms. The summed E-state index contributed by atoms with van der Waals surface area (Å²) in [5.74, 6) is 0.975. The SMILES string of the molecule is CCC(=O)N1CCC(NC(=NC)NCc2cccc(-c3ccccn3)c2)C1.I. The van der Waals surface area contributed by atoms with E-state index in [4.69, 9.17) is 0 Å². The maximum absolute atomic E-state index is 11.8. The summed E-state index contributed by atoms with van der Waals surface area (Å²) in [4.78, 5) is 22.5. The van der Waals surface area contributed by atoms with Gasteiger partial charge in [-0.1, -0.05) is 31.2 Å². The van der Waals surface area contributed by atoms with E-state index < -0.39 is 0 Å². The second kappa shape index (κ2) is 11.0. The molecule has 1 aliphatic heterocycles. The molecule has 1 amide bonds. The summed E-state index contributed by atoms with van der Waals surface area (Å²) in [5.41, 5.74) is 3.23. The van der Waals surface area contributed by atoms with Crippen LogP contribution in [-0.2, 0) is 11.3 Å². The Kier molecular flexibility index (Phi) is 8.69. The molecule has 2 N–H and O–H groups in total. The minimum absolute atomic E-state index is 0. The number of halogens is 1. The number of hydrogen-bond acceptors (Lipinski definition) is 3. The quantitative estimate of drug-likeness (QED) is 0.382. The molecule has 28 heavy (non-hydrogen) atoms. The Balaban J connectivity index is 0.00000280. The molecule has 1 saturated heterocycles. The molecule has 7 heteroatoms. The highest BCUT2D eigenvalue weighted by Crippen LogP contribution is 2.17. The summed E-state index contributed by atoms with van der Waals surface area (Å²) in [6.07, 6.45) is 3.31. The predicted octanol–water partition coefficient (Wildman–Crippen LogP) is 3.04. The topological polar surface area (TPSA) is 69.6 Å². The first-order valence-corrected chi connectivity index (χ1v) is 9.45. The smallest absolute Gasteiger partial charge is 0.222 e. The van der Waals surface area contributed by atoms with Crippen molar-refractivity contribution in [1.29, 1.82) is 0 Å². The lowest BCUT2D eigenvalue weighted by molar-refractivity contribution is -0.129. The van der Waals surface area contributed by atoms with Crippen LogP contribution in [0.1, 0.15) is 25.3 Å². The molecule has 1 aromatic carbocycles. The molecule has 3 rings (SSSR count). The summed E-state index contributed by atoms with van der Waals surface area (Å²) >= 11 is 0. The molecular formula is C21H28IN5O. The molecule has 1 fully saturated rings. The molecule has 0 bridgehead atoms. The highest BCUT2D eigenvalue weighted by molar-refractivity contribution is 14.0. The third kappa shape index (κ3) is 5.92. The average Bonchev–Trinajstić information content (AvgIpc) is 3.20. The van der Waals surface area contributed by atoms with Crippen molar-refractivity contribution in [2.24, 2.45) is 4.99 Å². The zero-order chi connectivity index (χ0) is 19.1. The standard InChI is InChI=1S/C21H27N5O.HI/c1-3-20(27)26-12-10-18(15-26)25-21(22-2)24-14-16-7-6-8-17(13-16)19-9-4-5-11-23-19;/h4-9,11,13,18H,3,10,12,14-15H2,1-2H3,(H2,22,24,25);1H. The zero-order valence-corrected chi connectivity index (χ0v) is 18.7. The number of likely N-dealkylation sites (tertiary alicyclic amines) is 1. The van der Waals surface area contributed by atoms with Crippen LogP contribution >= 0.6 is 24.0 Å². The van der Waals surface area contributed by atoms with Crippen LogP contribution in [-0.4, -0.2) is 47.9 Å². The molecule has 6 nitrogen and oxygen atoms in total. The van der Waals surface area contributed by atoms with E-state index in [9.17, 15) is 4.79 Å². The second-order valence-corrected chi connectivity index (χ2v) is 6.66. The van der Waals surface area contributed by atoms with Crippen molar-refractivity contribution in [1.82, 2.24) is 20.5 Å². The van der Waals surface area contributed by atoms with Gasteiger partial charge in [0.1, 0.15) is 0 Å². The minimum atomic E-state index is 0. The van der Waals surface area contributed by atoms with Gasteiger partial charge in [-0.15, -0.1) is 24.0 Å². The molecule has 1 unspecified atom stereocenters. The van der Waals surface area contributed by atoms with Crippen LogP contribution < -0.4 is 10.6 Å². The second-order valence-electron chi connectivity index (χ2n) is 6.66. The van der Waals surface area contributed by atoms with Gasteiger partial charge in [0.2, 0.25) is 5.91 Å². The van der Waals surface area contributed by atoms with Gasteiger partial charge < -0.3 is 15.5 Å². The maximum atomic E-state index is 11.8. The maximum Gasteiger partial charge on any atom is 0.222 e. The van der Waals surface area contributed by atoms with Gasteiger partial charge in [0.15, 0.2) is 5.96 Å². The lowest BCUT2D eigenvalue weighted by atomic mass is 10.1. The molecule has 1 aromatic heterocycles. The predicted molar refractivity (Wildman–Crippen MR) is 124 cm³/mol. The number of pyridine rings is 1. The first kappa shape index (κ1) is 22.1. The molecule has 2 aromatic rings. The number of nitrogens with one attached hydrogen (secondary N) is 2. The normalized spacial score (nSPS) is 16.4. The van der Waals surface area contributed by atoms with E-state index >= 15 is 0 Å². The van der Waals surface area contributed by atoms with E-state index in [0.29, 0.717) is 13.0 Å². The summed E-state index contributed by atoms with van der Waals surface area (Å²) in [7, 11) is 1.77. The highest BCUT2D eigenvalue weighted by Gasteiger charge is 2.25. The van der Waals surface area contributed by atoms with Crippen molar-refractivity contribution < 1.29 is 4.79 Å². The molecule has 2 heterocycles. The number of amides is 1. The summed E-state index contributed by atoms with van der Waals surface area (Å²) < 4.78 is 0. The number of hydrogen-bond donors (Lipinski definition) is 2. The van der Waals surface area contributed by atoms with Crippen LogP contribution in [0.15, 0.2) is 53.7 Å². The third-order valence-corrected chi connectivity index (χ3v) is 4.76. The van der Waals surface area contributed by atoms with Crippen LogP contribution in [0.5, 0.6) is 0 Å². The number of carbonyl (C=O) groups excluding carboxylic acids is 1. The third-order valence-electron chi connectivity index (χ3n) is 4.76. The van der Waals surface area contributed by atoms with E-state index in [0.717, 1.165) is 42.3 Å². The van der Waals surface area contributed by atoms with E-state index in [1.54, 1.807) is 13.2 Å². The molecule has 0 radical (unpaired) electrons. The van der Waals surface area contributed by atoms with Gasteiger partial charge in [0.25, 0.3) is 0 Å². The van der Waals surface area contributed by atoms with Crippen molar-refractivity contribution in [3.05, 3.63) is 54.2 Å². The summed E-state index contributed by atoms with van der Waals surface area (Å²) in [6, 6.07) is 14.5. The number of aliphatic imine (C=N–C) groups is 1. The lowest BCUT2D eigenvalue weighted by Gasteiger charge is -2.19. The first-order chi connectivity index (χ1) is 13.2. The minimum Gasteiger partial charge on any atom is -0.352 e. The fourth-order valence-corrected chi connectivity index (χ4v) is 3.28. The van der Waals surface area contributed by atoms with Crippen LogP contribution in [0.2, 0.25) is 0 Å². The van der Waals surface area contributed by atoms with Crippen molar-refractivity contribution in [3.63, 3.8) is 0 Å². The van der Waals surface area contributed by atoms with Crippen molar-refractivity contribution in [2.45, 2.75) is 32.4 Å². The Bertz CT molecular complexity index is 796. The number of guanidine groups is 1. The van der Waals surface area contributed by atoms with Crippen molar-refractivity contribution in [3.8, 4) is 11.3 Å². The van der Waals surface area contributed by atoms with Gasteiger partial charge in [0.05, 0.1) is 5.69 Å². The Morgan fingerprint density at radius 2 is 2.14 bits per heavy atom. The zero-order valence-electron chi connectivity index (χ0n) is 16.4. The number of rotatable bonds is 5. The Hall–Kier alpha value is -2.16. The molecular weight excluding hydrogens is 465 g/mol. The number of carbonyl (C=O) groups is 1. The van der Waals surface area contributed by atoms with Crippen LogP contribution in [0.25, 0.3) is 11.3 Å². The van der Waals surface area contributed by atoms with E-state index in [2.05, 4.69) is 38.8 Å². The van der Waals surface area contributed by atoms with Gasteiger partial charge in [-0.25, -0.2) is 0 Å². The van der Waals surface area contributed by atoms with Crippen LogP contribution in [0.4, 0.5) is 0 Å². The Labute approximate surface area is 183 Å². The Morgan fingerprint density at radius 3 is 2.86 bits per heavy atom. The molecule has 1 aliphatic rings. The van der Waals surface area contributed by atoms with Crippen LogP contribution in [0, 0.1) is 0 Å². The fourth-order valence-electron chi connectivity index (χ4n) is 3.28. The van der Waals surface area contributed by atoms with Gasteiger partial charge in [-0.05, 0) is 30.2 Å². The fraction of sp³-hybridized carbons (Fsp3) is 0.381. The lowest BCUT2D eigenvalue weighted by Crippen LogP contribution is -2.44. The van der Waals surface area contributed by atoms with Crippen molar-refractivity contribution >= 4 is 35.8 Å². The monoisotopic (exact) mass is 493 g/mol. The van der Waals surface area contributed by atoms with E-state index in [-0.39, 0.29) is 35.9 Å². The van der Waals surface area contributed by atoms with E-state index in [1.165, 1.54) is 0 Å². The number of benzene rings is 1. The Morgan fingerprint density at radius 1 is 1.29 bits per heavy atom.